The Balaban J connectivity index is 0.00000220. The van der Waals surface area contributed by atoms with Crippen LogP contribution in [0.25, 0.3) is 0 Å². The molecule has 1 aromatic heterocycles. The van der Waals surface area contributed by atoms with Gasteiger partial charge in [0, 0.05) is 6.54 Å². The van der Waals surface area contributed by atoms with Crippen molar-refractivity contribution in [2.75, 3.05) is 19.0 Å². The van der Waals surface area contributed by atoms with Gasteiger partial charge in [0.05, 0.1) is 12.6 Å². The molecule has 0 saturated heterocycles. The van der Waals surface area contributed by atoms with E-state index in [2.05, 4.69) is 15.5 Å². The predicted octanol–water partition coefficient (Wildman–Crippen LogP) is 2.35. The van der Waals surface area contributed by atoms with Crippen LogP contribution in [-0.4, -0.2) is 23.9 Å². The van der Waals surface area contributed by atoms with Crippen LogP contribution in [0.2, 0.25) is 0 Å². The smallest absolute Gasteiger partial charge is 0.315 e. The minimum atomic E-state index is -0.622. The van der Waals surface area contributed by atoms with E-state index in [0.29, 0.717) is 18.5 Å². The highest BCUT2D eigenvalue weighted by Gasteiger charge is 2.21. The Kier molecular flexibility index (Phi) is 5.99. The third kappa shape index (κ3) is 4.91. The molecule has 0 aliphatic carbocycles. The summed E-state index contributed by atoms with van der Waals surface area (Å²) in [7, 11) is 1.66. The van der Waals surface area contributed by atoms with E-state index in [9.17, 15) is 0 Å². The molecule has 0 radical (unpaired) electrons. The van der Waals surface area contributed by atoms with Crippen molar-refractivity contribution in [3.8, 4) is 5.75 Å². The maximum Gasteiger partial charge on any atom is 0.315 e. The van der Waals surface area contributed by atoms with Crippen molar-refractivity contribution in [1.29, 1.82) is 0 Å². The Hall–Kier alpha value is -1.79. The highest BCUT2D eigenvalue weighted by molar-refractivity contribution is 5.85. The first-order valence-electron chi connectivity index (χ1n) is 6.48. The van der Waals surface area contributed by atoms with Crippen molar-refractivity contribution in [1.82, 2.24) is 10.2 Å². The van der Waals surface area contributed by atoms with E-state index in [-0.39, 0.29) is 12.4 Å². The standard InChI is InChI=1S/C14H20N4O2.ClH/c1-14(2,15)12-17-18-13(20-12)16-9-8-10-4-6-11(19-3)7-5-10;/h4-7H,8-9,15H2,1-3H3,(H,16,18);1H. The summed E-state index contributed by atoms with van der Waals surface area (Å²) < 4.78 is 10.6. The van der Waals surface area contributed by atoms with Crippen LogP contribution in [0, 0.1) is 0 Å². The van der Waals surface area contributed by atoms with Crippen LogP contribution in [0.1, 0.15) is 25.3 Å². The molecule has 116 valence electrons. The van der Waals surface area contributed by atoms with Crippen LogP contribution in [0.4, 0.5) is 6.01 Å². The summed E-state index contributed by atoms with van der Waals surface area (Å²) >= 11 is 0. The summed E-state index contributed by atoms with van der Waals surface area (Å²) in [6, 6.07) is 8.34. The number of nitrogens with two attached hydrogens (primary N) is 1. The lowest BCUT2D eigenvalue weighted by molar-refractivity contribution is 0.384. The molecule has 0 bridgehead atoms. The number of benzene rings is 1. The first kappa shape index (κ1) is 17.3. The molecule has 2 aromatic rings. The largest absolute Gasteiger partial charge is 0.497 e. The highest BCUT2D eigenvalue weighted by atomic mass is 35.5. The summed E-state index contributed by atoms with van der Waals surface area (Å²) in [5.74, 6) is 1.28. The average molecular weight is 313 g/mol. The summed E-state index contributed by atoms with van der Waals surface area (Å²) in [4.78, 5) is 0. The Bertz CT molecular complexity index is 549. The average Bonchev–Trinajstić information content (AvgIpc) is 2.88. The van der Waals surface area contributed by atoms with E-state index in [1.165, 1.54) is 5.56 Å². The fourth-order valence-electron chi connectivity index (χ4n) is 1.66. The molecule has 0 aliphatic heterocycles. The van der Waals surface area contributed by atoms with Gasteiger partial charge >= 0.3 is 6.01 Å². The summed E-state index contributed by atoms with van der Waals surface area (Å²) in [6.45, 7) is 4.35. The van der Waals surface area contributed by atoms with Gasteiger partial charge in [0.15, 0.2) is 0 Å². The van der Waals surface area contributed by atoms with Gasteiger partial charge in [-0.3, -0.25) is 0 Å². The molecule has 0 saturated carbocycles. The van der Waals surface area contributed by atoms with E-state index in [4.69, 9.17) is 14.9 Å². The fraction of sp³-hybridized carbons (Fsp3) is 0.429. The topological polar surface area (TPSA) is 86.2 Å². The summed E-state index contributed by atoms with van der Waals surface area (Å²) in [5, 5.41) is 10.9. The number of halogens is 1. The number of hydrogen-bond acceptors (Lipinski definition) is 6. The van der Waals surface area contributed by atoms with Gasteiger partial charge in [-0.15, -0.1) is 17.5 Å². The van der Waals surface area contributed by atoms with Crippen molar-refractivity contribution in [2.45, 2.75) is 25.8 Å². The molecule has 0 fully saturated rings. The quantitative estimate of drug-likeness (QED) is 0.851. The SMILES string of the molecule is COc1ccc(CCNc2nnc(C(C)(C)N)o2)cc1.Cl. The Morgan fingerprint density at radius 2 is 1.90 bits per heavy atom. The molecular weight excluding hydrogens is 292 g/mol. The van der Waals surface area contributed by atoms with Crippen molar-refractivity contribution in [3.05, 3.63) is 35.7 Å². The first-order chi connectivity index (χ1) is 9.49. The molecule has 6 nitrogen and oxygen atoms in total. The zero-order valence-electron chi connectivity index (χ0n) is 12.4. The van der Waals surface area contributed by atoms with Gasteiger partial charge in [-0.25, -0.2) is 0 Å². The normalized spacial score (nSPS) is 10.9. The molecule has 3 N–H and O–H groups in total. The molecule has 7 heteroatoms. The van der Waals surface area contributed by atoms with E-state index in [1.807, 2.05) is 38.1 Å². The molecule has 2 rings (SSSR count). The van der Waals surface area contributed by atoms with Crippen molar-refractivity contribution < 1.29 is 9.15 Å². The van der Waals surface area contributed by atoms with Crippen molar-refractivity contribution >= 4 is 18.4 Å². The third-order valence-electron chi connectivity index (χ3n) is 2.83. The van der Waals surface area contributed by atoms with E-state index in [1.54, 1.807) is 7.11 Å². The Morgan fingerprint density at radius 3 is 2.43 bits per heavy atom. The zero-order chi connectivity index (χ0) is 14.6. The first-order valence-corrected chi connectivity index (χ1v) is 6.48. The van der Waals surface area contributed by atoms with Gasteiger partial charge < -0.3 is 20.2 Å². The molecule has 0 aliphatic rings. The molecule has 0 spiro atoms. The number of nitrogens with zero attached hydrogens (tertiary/aromatic N) is 2. The maximum atomic E-state index is 5.88. The fourth-order valence-corrected chi connectivity index (χ4v) is 1.66. The van der Waals surface area contributed by atoms with Crippen molar-refractivity contribution in [2.24, 2.45) is 5.73 Å². The number of aromatic nitrogens is 2. The van der Waals surface area contributed by atoms with Gasteiger partial charge in [0.1, 0.15) is 5.75 Å². The molecule has 1 aromatic carbocycles. The molecule has 0 amide bonds. The van der Waals surface area contributed by atoms with E-state index >= 15 is 0 Å². The van der Waals surface area contributed by atoms with Gasteiger partial charge in [-0.05, 0) is 38.0 Å². The lowest BCUT2D eigenvalue weighted by Gasteiger charge is -2.11. The minimum absolute atomic E-state index is 0. The molecule has 0 atom stereocenters. The monoisotopic (exact) mass is 312 g/mol. The van der Waals surface area contributed by atoms with Crippen LogP contribution >= 0.6 is 12.4 Å². The van der Waals surface area contributed by atoms with Crippen LogP contribution in [0.3, 0.4) is 0 Å². The number of rotatable bonds is 6. The highest BCUT2D eigenvalue weighted by Crippen LogP contribution is 2.17. The zero-order valence-corrected chi connectivity index (χ0v) is 13.2. The van der Waals surface area contributed by atoms with E-state index < -0.39 is 5.54 Å². The Morgan fingerprint density at radius 1 is 1.24 bits per heavy atom. The second-order valence-corrected chi connectivity index (χ2v) is 5.16. The lowest BCUT2D eigenvalue weighted by Crippen LogP contribution is -2.29. The van der Waals surface area contributed by atoms with Gasteiger partial charge in [-0.2, -0.15) is 0 Å². The third-order valence-corrected chi connectivity index (χ3v) is 2.83. The second-order valence-electron chi connectivity index (χ2n) is 5.16. The number of anilines is 1. The van der Waals surface area contributed by atoms with Crippen LogP contribution in [0.15, 0.2) is 28.7 Å². The van der Waals surface area contributed by atoms with E-state index in [0.717, 1.165) is 12.2 Å². The van der Waals surface area contributed by atoms with Crippen LogP contribution in [0.5, 0.6) is 5.75 Å². The minimum Gasteiger partial charge on any atom is -0.497 e. The second kappa shape index (κ2) is 7.28. The summed E-state index contributed by atoms with van der Waals surface area (Å²) in [5.41, 5.74) is 6.46. The molecule has 0 unspecified atom stereocenters. The number of ether oxygens (including phenoxy) is 1. The predicted molar refractivity (Wildman–Crippen MR) is 83.9 cm³/mol. The van der Waals surface area contributed by atoms with Gasteiger partial charge in [0.2, 0.25) is 5.89 Å². The number of hydrogen-bond donors (Lipinski definition) is 2. The summed E-state index contributed by atoms with van der Waals surface area (Å²) in [6.07, 6.45) is 0.855. The Labute approximate surface area is 130 Å². The van der Waals surface area contributed by atoms with Crippen molar-refractivity contribution in [3.63, 3.8) is 0 Å². The van der Waals surface area contributed by atoms with Gasteiger partial charge in [0.25, 0.3) is 0 Å². The molecule has 1 heterocycles. The molecule has 21 heavy (non-hydrogen) atoms. The lowest BCUT2D eigenvalue weighted by atomic mass is 10.1. The maximum absolute atomic E-state index is 5.88. The van der Waals surface area contributed by atoms with Crippen LogP contribution < -0.4 is 15.8 Å². The van der Waals surface area contributed by atoms with Gasteiger partial charge in [-0.1, -0.05) is 17.2 Å². The number of methoxy groups -OCH3 is 1. The molecular formula is C14H21ClN4O2. The number of nitrogens with one attached hydrogen (secondary N) is 1. The van der Waals surface area contributed by atoms with Crippen LogP contribution in [-0.2, 0) is 12.0 Å².